The maximum atomic E-state index is 2.48. The normalized spacial score (nSPS) is 13.5. The van der Waals surface area contributed by atoms with Crippen molar-refractivity contribution in [3.8, 4) is 50.2 Å². The molecule has 1 nitrogen and oxygen atoms in total. The molecule has 61 heavy (non-hydrogen) atoms. The maximum absolute atomic E-state index is 2.48. The van der Waals surface area contributed by atoms with Crippen LogP contribution in [0.15, 0.2) is 218 Å². The van der Waals surface area contributed by atoms with Gasteiger partial charge < -0.3 is 4.57 Å². The van der Waals surface area contributed by atoms with Gasteiger partial charge in [0.15, 0.2) is 0 Å². The van der Waals surface area contributed by atoms with Crippen LogP contribution >= 0.6 is 0 Å². The Kier molecular flexibility index (Phi) is 8.52. The zero-order valence-electron chi connectivity index (χ0n) is 33.9. The van der Waals surface area contributed by atoms with Gasteiger partial charge in [-0.2, -0.15) is 0 Å². The van der Waals surface area contributed by atoms with E-state index in [0.29, 0.717) is 5.92 Å². The molecule has 288 valence electrons. The van der Waals surface area contributed by atoms with Crippen molar-refractivity contribution < 1.29 is 0 Å². The molecule has 0 saturated heterocycles. The molecule has 1 unspecified atom stereocenters. The largest absolute Gasteiger partial charge is 0.309 e. The summed E-state index contributed by atoms with van der Waals surface area (Å²) in [6.07, 6.45) is 3.31. The van der Waals surface area contributed by atoms with E-state index in [-0.39, 0.29) is 0 Å². The summed E-state index contributed by atoms with van der Waals surface area (Å²) in [5, 5.41) is 7.63. The lowest BCUT2D eigenvalue weighted by Crippen LogP contribution is -2.12. The maximum Gasteiger partial charge on any atom is 0.0541 e. The molecule has 11 aromatic rings. The average Bonchev–Trinajstić information content (AvgIpc) is 3.67. The molecule has 1 aliphatic rings. The molecule has 0 bridgehead atoms. The van der Waals surface area contributed by atoms with Gasteiger partial charge >= 0.3 is 0 Å². The van der Waals surface area contributed by atoms with Gasteiger partial charge in [0, 0.05) is 16.5 Å². The number of nitrogens with zero attached hydrogens (tertiary/aromatic N) is 1. The number of para-hydroxylation sites is 1. The minimum atomic E-state index is 0.485. The summed E-state index contributed by atoms with van der Waals surface area (Å²) in [6, 6.07) is 81.1. The molecule has 0 amide bonds. The second-order valence-electron chi connectivity index (χ2n) is 16.8. The summed E-state index contributed by atoms with van der Waals surface area (Å²) < 4.78 is 2.44. The van der Waals surface area contributed by atoms with Crippen molar-refractivity contribution >= 4 is 43.4 Å². The molecule has 1 heterocycles. The molecule has 1 heteroatoms. The van der Waals surface area contributed by atoms with E-state index in [1.165, 1.54) is 105 Å². The van der Waals surface area contributed by atoms with E-state index in [9.17, 15) is 0 Å². The van der Waals surface area contributed by atoms with E-state index < -0.39 is 0 Å². The Labute approximate surface area is 356 Å². The van der Waals surface area contributed by atoms with Crippen LogP contribution in [-0.2, 0) is 12.8 Å². The summed E-state index contributed by atoms with van der Waals surface area (Å²) >= 11 is 0. The average molecular weight is 778 g/mol. The zero-order valence-corrected chi connectivity index (χ0v) is 33.9. The van der Waals surface area contributed by atoms with Gasteiger partial charge in [-0.1, -0.05) is 182 Å². The minimum Gasteiger partial charge on any atom is -0.309 e. The van der Waals surface area contributed by atoms with Crippen molar-refractivity contribution in [3.05, 3.63) is 235 Å². The molecule has 0 N–H and O–H groups in total. The number of aryl methyl sites for hydroxylation is 1. The first-order chi connectivity index (χ1) is 30.2. The van der Waals surface area contributed by atoms with Crippen LogP contribution in [-0.4, -0.2) is 4.57 Å². The number of hydrogen-bond acceptors (Lipinski definition) is 0. The Morgan fingerprint density at radius 2 is 1.03 bits per heavy atom. The molecule has 10 aromatic carbocycles. The second kappa shape index (κ2) is 14.7. The number of fused-ring (bicyclic) bond motifs is 9. The fraction of sp³-hybridized carbons (Fsp3) is 0.0667. The summed E-state index contributed by atoms with van der Waals surface area (Å²) in [5.41, 5.74) is 18.2. The van der Waals surface area contributed by atoms with Crippen molar-refractivity contribution in [2.45, 2.75) is 25.2 Å². The highest BCUT2D eigenvalue weighted by Crippen LogP contribution is 2.44. The Morgan fingerprint density at radius 1 is 0.377 bits per heavy atom. The molecule has 0 saturated carbocycles. The van der Waals surface area contributed by atoms with E-state index in [1.807, 2.05) is 0 Å². The zero-order chi connectivity index (χ0) is 40.3. The quantitative estimate of drug-likeness (QED) is 0.142. The second-order valence-corrected chi connectivity index (χ2v) is 16.8. The van der Waals surface area contributed by atoms with Gasteiger partial charge in [-0.15, -0.1) is 0 Å². The minimum absolute atomic E-state index is 0.485. The lowest BCUT2D eigenvalue weighted by Gasteiger charge is -2.29. The van der Waals surface area contributed by atoms with Crippen molar-refractivity contribution in [1.82, 2.24) is 4.57 Å². The highest BCUT2D eigenvalue weighted by Gasteiger charge is 2.25. The highest BCUT2D eigenvalue weighted by atomic mass is 15.0. The van der Waals surface area contributed by atoms with Crippen molar-refractivity contribution in [2.75, 3.05) is 0 Å². The predicted octanol–water partition coefficient (Wildman–Crippen LogP) is 16.0. The van der Waals surface area contributed by atoms with E-state index in [4.69, 9.17) is 0 Å². The fourth-order valence-corrected chi connectivity index (χ4v) is 10.3. The Balaban J connectivity index is 0.893. The molecule has 0 aliphatic heterocycles. The number of rotatable bonds is 7. The number of benzene rings is 10. The van der Waals surface area contributed by atoms with E-state index >= 15 is 0 Å². The van der Waals surface area contributed by atoms with Crippen molar-refractivity contribution in [3.63, 3.8) is 0 Å². The van der Waals surface area contributed by atoms with Crippen molar-refractivity contribution in [2.24, 2.45) is 0 Å². The van der Waals surface area contributed by atoms with E-state index in [1.54, 1.807) is 0 Å². The van der Waals surface area contributed by atoms with E-state index in [2.05, 4.69) is 223 Å². The van der Waals surface area contributed by atoms with Gasteiger partial charge in [0.05, 0.1) is 11.0 Å². The van der Waals surface area contributed by atoms with Crippen LogP contribution in [0.4, 0.5) is 0 Å². The monoisotopic (exact) mass is 777 g/mol. The first kappa shape index (κ1) is 35.5. The molecule has 0 fully saturated rings. The standard InChI is InChI=1S/C60H43N/c1-2-13-40(14-3-1)25-26-48-35-45-15-4-6-19-50(45)54-33-31-43(37-56(48)54)41-27-29-42(30-28-41)44-32-34-60-58(38-44)55-23-10-11-24-59(55)61(60)49-18-12-17-46(36-49)57-39-47-16-5-7-20-51(47)52-21-8-9-22-53(52)57/h1-24,27-34,36-39,48H,25-26,35H2. The van der Waals surface area contributed by atoms with Gasteiger partial charge in [-0.25, -0.2) is 0 Å². The fourth-order valence-electron chi connectivity index (χ4n) is 10.3. The number of hydrogen-bond donors (Lipinski definition) is 0. The van der Waals surface area contributed by atoms with Crippen LogP contribution in [0.1, 0.15) is 29.0 Å². The SMILES string of the molecule is c1ccc(CCC2Cc3ccccc3-c3ccc(-c4ccc(-c5ccc6c(c5)c5ccccc5n6-c5cccc(-c6cc7ccccc7c7ccccc67)c5)cc4)cc32)cc1. The Morgan fingerprint density at radius 3 is 1.89 bits per heavy atom. The Bertz CT molecular complexity index is 3440. The molecule has 1 aliphatic carbocycles. The third-order valence-electron chi connectivity index (χ3n) is 13.3. The van der Waals surface area contributed by atoms with Gasteiger partial charge in [-0.3, -0.25) is 0 Å². The van der Waals surface area contributed by atoms with Crippen LogP contribution in [0.25, 0.3) is 93.5 Å². The van der Waals surface area contributed by atoms with Crippen LogP contribution in [0.2, 0.25) is 0 Å². The third kappa shape index (κ3) is 6.16. The lowest BCUT2D eigenvalue weighted by atomic mass is 9.75. The van der Waals surface area contributed by atoms with Crippen LogP contribution in [0.5, 0.6) is 0 Å². The van der Waals surface area contributed by atoms with Crippen molar-refractivity contribution in [1.29, 1.82) is 0 Å². The molecule has 1 aromatic heterocycles. The smallest absolute Gasteiger partial charge is 0.0541 e. The van der Waals surface area contributed by atoms with Gasteiger partial charge in [0.25, 0.3) is 0 Å². The van der Waals surface area contributed by atoms with E-state index in [0.717, 1.165) is 24.9 Å². The summed E-state index contributed by atoms with van der Waals surface area (Å²) in [5.74, 6) is 0.485. The van der Waals surface area contributed by atoms with Crippen LogP contribution in [0.3, 0.4) is 0 Å². The summed E-state index contributed by atoms with van der Waals surface area (Å²) in [6.45, 7) is 0. The van der Waals surface area contributed by atoms with Gasteiger partial charge in [0.1, 0.15) is 0 Å². The topological polar surface area (TPSA) is 4.93 Å². The first-order valence-corrected chi connectivity index (χ1v) is 21.6. The summed E-state index contributed by atoms with van der Waals surface area (Å²) in [7, 11) is 0. The van der Waals surface area contributed by atoms with Gasteiger partial charge in [-0.05, 0) is 144 Å². The van der Waals surface area contributed by atoms with Crippen LogP contribution in [0, 0.1) is 0 Å². The highest BCUT2D eigenvalue weighted by molar-refractivity contribution is 6.14. The first-order valence-electron chi connectivity index (χ1n) is 21.6. The van der Waals surface area contributed by atoms with Gasteiger partial charge in [0.2, 0.25) is 0 Å². The van der Waals surface area contributed by atoms with Crippen LogP contribution < -0.4 is 0 Å². The Hall–Kier alpha value is -7.48. The molecule has 0 spiro atoms. The number of aromatic nitrogens is 1. The molecular weight excluding hydrogens is 735 g/mol. The molecule has 0 radical (unpaired) electrons. The molecule has 1 atom stereocenters. The summed E-state index contributed by atoms with van der Waals surface area (Å²) in [4.78, 5) is 0. The third-order valence-corrected chi connectivity index (χ3v) is 13.3. The molecule has 12 rings (SSSR count). The lowest BCUT2D eigenvalue weighted by molar-refractivity contribution is 0.616. The molecular formula is C60H43N. The predicted molar refractivity (Wildman–Crippen MR) is 259 cm³/mol.